The second-order valence-electron chi connectivity index (χ2n) is 4.81. The van der Waals surface area contributed by atoms with Crippen LogP contribution in [-0.2, 0) is 4.79 Å². The topological polar surface area (TPSA) is 53.0 Å². The summed E-state index contributed by atoms with van der Waals surface area (Å²) < 4.78 is 6.35. The third-order valence-electron chi connectivity index (χ3n) is 3.39. The second kappa shape index (κ2) is 7.98. The quantitative estimate of drug-likeness (QED) is 0.847. The van der Waals surface area contributed by atoms with E-state index in [1.165, 1.54) is 0 Å². The Hall–Kier alpha value is -0.820. The third kappa shape index (κ3) is 4.85. The zero-order valence-electron chi connectivity index (χ0n) is 11.6. The molecule has 1 aliphatic heterocycles. The van der Waals surface area contributed by atoms with Crippen LogP contribution in [0.5, 0.6) is 5.75 Å². The van der Waals surface area contributed by atoms with Gasteiger partial charge in [0.25, 0.3) is 5.91 Å². The van der Waals surface area contributed by atoms with E-state index in [1.807, 2.05) is 6.07 Å². The molecule has 1 saturated heterocycles. The second-order valence-corrected chi connectivity index (χ2v) is 6.13. The fraction of sp³-hybridized carbons (Fsp3) is 0.500. The molecule has 0 radical (unpaired) electrons. The molecule has 0 unspecified atom stereocenters. The molecular weight excluding hydrogens is 360 g/mol. The summed E-state index contributed by atoms with van der Waals surface area (Å²) in [7, 11) is 0. The van der Waals surface area contributed by atoms with Crippen molar-refractivity contribution in [2.75, 3.05) is 45.9 Å². The van der Waals surface area contributed by atoms with Crippen molar-refractivity contribution >= 4 is 33.4 Å². The van der Waals surface area contributed by atoms with Crippen molar-refractivity contribution in [3.63, 3.8) is 0 Å². The number of rotatable bonds is 5. The van der Waals surface area contributed by atoms with Gasteiger partial charge in [-0.3, -0.25) is 9.69 Å². The lowest BCUT2D eigenvalue weighted by Gasteiger charge is -2.34. The molecule has 1 N–H and O–H groups in total. The molecular formula is C14H18BrClN2O3. The summed E-state index contributed by atoms with van der Waals surface area (Å²) in [5.41, 5.74) is 0. The number of aliphatic hydroxyl groups is 1. The SMILES string of the molecule is O=C(COc1ccc(Br)cc1Cl)N1CCN(CCO)CC1. The van der Waals surface area contributed by atoms with Crippen LogP contribution < -0.4 is 4.74 Å². The zero-order chi connectivity index (χ0) is 15.2. The van der Waals surface area contributed by atoms with Gasteiger partial charge in [0.1, 0.15) is 5.75 Å². The van der Waals surface area contributed by atoms with Crippen molar-refractivity contribution in [1.29, 1.82) is 0 Å². The van der Waals surface area contributed by atoms with Gasteiger partial charge in [-0.2, -0.15) is 0 Å². The molecule has 1 aliphatic rings. The number of nitrogens with zero attached hydrogens (tertiary/aromatic N) is 2. The average Bonchev–Trinajstić information content (AvgIpc) is 2.47. The Morgan fingerprint density at radius 1 is 1.33 bits per heavy atom. The minimum atomic E-state index is -0.0439. The molecule has 0 saturated carbocycles. The van der Waals surface area contributed by atoms with Crippen LogP contribution in [0.3, 0.4) is 0 Å². The summed E-state index contributed by atoms with van der Waals surface area (Å²) in [5, 5.41) is 9.37. The molecule has 0 spiro atoms. The molecule has 7 heteroatoms. The van der Waals surface area contributed by atoms with E-state index in [-0.39, 0.29) is 19.1 Å². The largest absolute Gasteiger partial charge is 0.482 e. The van der Waals surface area contributed by atoms with Crippen LogP contribution in [0.15, 0.2) is 22.7 Å². The molecule has 0 bridgehead atoms. The fourth-order valence-electron chi connectivity index (χ4n) is 2.19. The summed E-state index contributed by atoms with van der Waals surface area (Å²) in [5.74, 6) is 0.463. The smallest absolute Gasteiger partial charge is 0.260 e. The molecule has 5 nitrogen and oxygen atoms in total. The molecule has 21 heavy (non-hydrogen) atoms. The highest BCUT2D eigenvalue weighted by Crippen LogP contribution is 2.27. The molecule has 116 valence electrons. The highest BCUT2D eigenvalue weighted by molar-refractivity contribution is 9.10. The molecule has 0 aliphatic carbocycles. The van der Waals surface area contributed by atoms with Gasteiger partial charge in [0.15, 0.2) is 6.61 Å². The first-order valence-corrected chi connectivity index (χ1v) is 7.96. The van der Waals surface area contributed by atoms with Crippen molar-refractivity contribution in [3.05, 3.63) is 27.7 Å². The van der Waals surface area contributed by atoms with E-state index in [2.05, 4.69) is 20.8 Å². The van der Waals surface area contributed by atoms with Crippen LogP contribution in [0.1, 0.15) is 0 Å². The van der Waals surface area contributed by atoms with Gasteiger partial charge in [0.2, 0.25) is 0 Å². The number of aliphatic hydroxyl groups excluding tert-OH is 1. The first-order valence-electron chi connectivity index (χ1n) is 6.79. The number of hydrogen-bond donors (Lipinski definition) is 1. The van der Waals surface area contributed by atoms with E-state index in [1.54, 1.807) is 17.0 Å². The van der Waals surface area contributed by atoms with Crippen LogP contribution in [0, 0.1) is 0 Å². The Labute approximate surface area is 137 Å². The van der Waals surface area contributed by atoms with Crippen LogP contribution in [0.2, 0.25) is 5.02 Å². The monoisotopic (exact) mass is 376 g/mol. The van der Waals surface area contributed by atoms with Gasteiger partial charge in [-0.15, -0.1) is 0 Å². The summed E-state index contributed by atoms with van der Waals surface area (Å²) in [6.45, 7) is 3.69. The maximum atomic E-state index is 12.1. The van der Waals surface area contributed by atoms with E-state index in [0.717, 1.165) is 17.6 Å². The predicted molar refractivity (Wildman–Crippen MR) is 84.8 cm³/mol. The van der Waals surface area contributed by atoms with Crippen LogP contribution in [-0.4, -0.2) is 66.8 Å². The van der Waals surface area contributed by atoms with Gasteiger partial charge in [0.05, 0.1) is 11.6 Å². The number of amides is 1. The normalized spacial score (nSPS) is 16.0. The number of carbonyl (C=O) groups is 1. The van der Waals surface area contributed by atoms with Gasteiger partial charge in [-0.05, 0) is 18.2 Å². The summed E-state index contributed by atoms with van der Waals surface area (Å²) >= 11 is 9.36. The summed E-state index contributed by atoms with van der Waals surface area (Å²) in [6.07, 6.45) is 0. The van der Waals surface area contributed by atoms with Crippen LogP contribution >= 0.6 is 27.5 Å². The number of carbonyl (C=O) groups excluding carboxylic acids is 1. The van der Waals surface area contributed by atoms with E-state index >= 15 is 0 Å². The van der Waals surface area contributed by atoms with Crippen molar-refractivity contribution in [1.82, 2.24) is 9.80 Å². The highest BCUT2D eigenvalue weighted by Gasteiger charge is 2.21. The van der Waals surface area contributed by atoms with Crippen molar-refractivity contribution < 1.29 is 14.6 Å². The lowest BCUT2D eigenvalue weighted by molar-refractivity contribution is -0.135. The Morgan fingerprint density at radius 3 is 2.67 bits per heavy atom. The molecule has 1 aromatic carbocycles. The lowest BCUT2D eigenvalue weighted by atomic mass is 10.3. The van der Waals surface area contributed by atoms with Gasteiger partial charge in [-0.1, -0.05) is 27.5 Å². The molecule has 1 amide bonds. The Balaban J connectivity index is 1.80. The first kappa shape index (κ1) is 16.5. The first-order chi connectivity index (χ1) is 10.1. The number of halogens is 2. The van der Waals surface area contributed by atoms with Crippen molar-refractivity contribution in [2.24, 2.45) is 0 Å². The number of benzene rings is 1. The molecule has 1 fully saturated rings. The Morgan fingerprint density at radius 2 is 2.05 bits per heavy atom. The van der Waals surface area contributed by atoms with Crippen LogP contribution in [0.4, 0.5) is 0 Å². The predicted octanol–water partition coefficient (Wildman–Crippen LogP) is 1.62. The lowest BCUT2D eigenvalue weighted by Crippen LogP contribution is -2.50. The van der Waals surface area contributed by atoms with Gasteiger partial charge >= 0.3 is 0 Å². The number of β-amino-alcohol motifs (C(OH)–C–C–N with tert-alkyl or cyclic N) is 1. The summed E-state index contributed by atoms with van der Waals surface area (Å²) in [4.78, 5) is 16.0. The third-order valence-corrected chi connectivity index (χ3v) is 4.17. The Kier molecular flexibility index (Phi) is 6.29. The van der Waals surface area contributed by atoms with Crippen molar-refractivity contribution in [2.45, 2.75) is 0 Å². The van der Waals surface area contributed by atoms with Gasteiger partial charge in [0, 0.05) is 37.2 Å². The minimum Gasteiger partial charge on any atom is -0.482 e. The molecule has 2 rings (SSSR count). The number of ether oxygens (including phenoxy) is 1. The molecule has 1 heterocycles. The number of hydrogen-bond acceptors (Lipinski definition) is 4. The fourth-order valence-corrected chi connectivity index (χ4v) is 2.91. The standard InChI is InChI=1S/C14H18BrClN2O3/c15-11-1-2-13(12(16)9-11)21-10-14(20)18-5-3-17(4-6-18)7-8-19/h1-2,9,19H,3-8,10H2. The van der Waals surface area contributed by atoms with Gasteiger partial charge in [-0.25, -0.2) is 0 Å². The maximum Gasteiger partial charge on any atom is 0.260 e. The van der Waals surface area contributed by atoms with E-state index < -0.39 is 0 Å². The average molecular weight is 378 g/mol. The van der Waals surface area contributed by atoms with Gasteiger partial charge < -0.3 is 14.7 Å². The maximum absolute atomic E-state index is 12.1. The molecule has 0 aromatic heterocycles. The highest BCUT2D eigenvalue weighted by atomic mass is 79.9. The van der Waals surface area contributed by atoms with E-state index in [0.29, 0.717) is 30.4 Å². The Bertz CT molecular complexity index is 493. The van der Waals surface area contributed by atoms with Crippen molar-refractivity contribution in [3.8, 4) is 5.75 Å². The summed E-state index contributed by atoms with van der Waals surface area (Å²) in [6, 6.07) is 5.28. The minimum absolute atomic E-state index is 0.0125. The molecule has 0 atom stereocenters. The molecule has 1 aromatic rings. The van der Waals surface area contributed by atoms with E-state index in [9.17, 15) is 4.79 Å². The zero-order valence-corrected chi connectivity index (χ0v) is 13.9. The number of piperazine rings is 1. The van der Waals surface area contributed by atoms with Crippen LogP contribution in [0.25, 0.3) is 0 Å². The van der Waals surface area contributed by atoms with E-state index in [4.69, 9.17) is 21.4 Å².